The van der Waals surface area contributed by atoms with Crippen LogP contribution in [0.4, 0.5) is 0 Å². The number of hydrogen-bond donors (Lipinski definition) is 2. The van der Waals surface area contributed by atoms with Crippen molar-refractivity contribution in [3.8, 4) is 57.5 Å². The third-order valence-corrected chi connectivity index (χ3v) is 12.8. The van der Waals surface area contributed by atoms with E-state index in [4.69, 9.17) is 36.6 Å². The average molecular weight is 724 g/mol. The Bertz CT molecular complexity index is 2200. The van der Waals surface area contributed by atoms with Crippen LogP contribution in [0.1, 0.15) is 0 Å². The summed E-state index contributed by atoms with van der Waals surface area (Å²) in [5, 5.41) is 21.2. The van der Waals surface area contributed by atoms with Gasteiger partial charge in [0.2, 0.25) is 5.75 Å². The van der Waals surface area contributed by atoms with Gasteiger partial charge in [-0.25, -0.2) is 0 Å². The number of rotatable bonds is 12. The van der Waals surface area contributed by atoms with Crippen molar-refractivity contribution in [3.05, 3.63) is 158 Å². The summed E-state index contributed by atoms with van der Waals surface area (Å²) in [5.41, 5.74) is 0. The molecule has 0 amide bonds. The molecule has 11 nitrogen and oxygen atoms in total. The number of benzene rings is 6. The Hall–Kier alpha value is -5.72. The number of para-hydroxylation sites is 8. The van der Waals surface area contributed by atoms with Gasteiger partial charge in [-0.15, -0.1) is 9.03 Å². The van der Waals surface area contributed by atoms with Gasteiger partial charge in [0.15, 0.2) is 43.0 Å². The first kappa shape index (κ1) is 32.8. The number of phenols is 2. The zero-order valence-corrected chi connectivity index (χ0v) is 28.7. The first-order chi connectivity index (χ1) is 24.5. The van der Waals surface area contributed by atoms with Crippen molar-refractivity contribution in [1.82, 2.24) is 0 Å². The van der Waals surface area contributed by atoms with E-state index >= 15 is 0 Å². The monoisotopic (exact) mass is 723 g/mol. The molecule has 250 valence electrons. The zero-order chi connectivity index (χ0) is 34.2. The number of ether oxygens (including phenoxy) is 2. The lowest BCUT2D eigenvalue weighted by Crippen LogP contribution is -2.06. The van der Waals surface area contributed by atoms with Crippen LogP contribution in [0.5, 0.6) is 57.5 Å². The van der Waals surface area contributed by atoms with E-state index in [0.29, 0.717) is 17.2 Å². The van der Waals surface area contributed by atoms with Crippen LogP contribution >= 0.6 is 23.8 Å². The van der Waals surface area contributed by atoms with Gasteiger partial charge in [-0.1, -0.05) is 89.4 Å². The molecule has 2 N–H and O–H groups in total. The summed E-state index contributed by atoms with van der Waals surface area (Å²) in [6, 6.07) is 45.1. The van der Waals surface area contributed by atoms with Crippen molar-refractivity contribution in [2.45, 2.75) is 0 Å². The predicted octanol–water partition coefficient (Wildman–Crippen LogP) is 12.2. The molecule has 0 spiro atoms. The van der Waals surface area contributed by atoms with Crippen molar-refractivity contribution in [2.24, 2.45) is 13.5 Å². The normalized spacial score (nSPS) is 16.2. The van der Waals surface area contributed by atoms with Gasteiger partial charge in [0, 0.05) is 0 Å². The van der Waals surface area contributed by atoms with E-state index < -0.39 is 15.3 Å². The molecule has 1 unspecified atom stereocenters. The molecular weight excluding hydrogens is 695 g/mol. The quantitative estimate of drug-likeness (QED) is 0.119. The van der Waals surface area contributed by atoms with Gasteiger partial charge in [-0.3, -0.25) is 0 Å². The van der Waals surface area contributed by atoms with Crippen molar-refractivity contribution in [3.63, 3.8) is 0 Å². The molecule has 0 saturated carbocycles. The van der Waals surface area contributed by atoms with Gasteiger partial charge >= 0.3 is 15.3 Å². The molecule has 0 aromatic heterocycles. The molecular formula is C36H28N3O8P3. The van der Waals surface area contributed by atoms with Crippen LogP contribution in [0.15, 0.2) is 171 Å². The highest BCUT2D eigenvalue weighted by Crippen LogP contribution is 2.71. The molecule has 6 aromatic carbocycles. The Morgan fingerprint density at radius 2 is 0.860 bits per heavy atom. The van der Waals surface area contributed by atoms with E-state index in [2.05, 4.69) is 4.52 Å². The summed E-state index contributed by atoms with van der Waals surface area (Å²) in [6.07, 6.45) is 0. The van der Waals surface area contributed by atoms with Gasteiger partial charge in [0.1, 0.15) is 17.2 Å². The number of nitrogens with zero attached hydrogens (tertiary/aromatic N) is 3. The zero-order valence-electron chi connectivity index (χ0n) is 26.0. The maximum atomic E-state index is 10.7. The highest BCUT2D eigenvalue weighted by molar-refractivity contribution is 7.73. The molecule has 1 atom stereocenters. The Morgan fingerprint density at radius 3 is 1.40 bits per heavy atom. The number of hydrogen-bond acceptors (Lipinski definition) is 11. The van der Waals surface area contributed by atoms with Crippen LogP contribution in [-0.4, -0.2) is 10.2 Å². The average Bonchev–Trinajstić information content (AvgIpc) is 3.12. The Balaban J connectivity index is 1.39. The van der Waals surface area contributed by atoms with Crippen molar-refractivity contribution >= 4 is 23.8 Å². The molecule has 1 heterocycles. The Morgan fingerprint density at radius 1 is 0.420 bits per heavy atom. The third kappa shape index (κ3) is 7.77. The maximum Gasteiger partial charge on any atom is 0.460 e. The number of phenolic OH excluding ortho intramolecular Hbond substituents is 2. The second-order valence-electron chi connectivity index (χ2n) is 10.4. The summed E-state index contributed by atoms with van der Waals surface area (Å²) >= 11 is 0. The largest absolute Gasteiger partial charge is 0.504 e. The molecule has 0 saturated heterocycles. The summed E-state index contributed by atoms with van der Waals surface area (Å²) < 4.78 is 53.1. The molecule has 1 aliphatic rings. The van der Waals surface area contributed by atoms with Crippen LogP contribution < -0.4 is 27.6 Å². The molecule has 7 rings (SSSR count). The maximum absolute atomic E-state index is 10.7. The van der Waals surface area contributed by atoms with Crippen LogP contribution in [-0.2, 0) is 0 Å². The van der Waals surface area contributed by atoms with Crippen LogP contribution in [0, 0.1) is 0 Å². The Kier molecular flexibility index (Phi) is 9.72. The van der Waals surface area contributed by atoms with E-state index in [1.54, 1.807) is 91.0 Å². The highest BCUT2D eigenvalue weighted by Gasteiger charge is 2.40. The number of aromatic hydroxyl groups is 2. The summed E-state index contributed by atoms with van der Waals surface area (Å²) in [4.78, 5) is 0. The molecule has 1 aliphatic heterocycles. The summed E-state index contributed by atoms with van der Waals surface area (Å²) in [6.45, 7) is 0. The van der Waals surface area contributed by atoms with Gasteiger partial charge in [0.05, 0.1) is 0 Å². The van der Waals surface area contributed by atoms with Crippen molar-refractivity contribution < 1.29 is 37.8 Å². The van der Waals surface area contributed by atoms with E-state index in [-0.39, 0.29) is 48.8 Å². The minimum atomic E-state index is -3.79. The van der Waals surface area contributed by atoms with Crippen LogP contribution in [0.25, 0.3) is 0 Å². The second-order valence-corrected chi connectivity index (χ2v) is 15.4. The minimum absolute atomic E-state index is 0.0507. The Labute approximate surface area is 289 Å². The van der Waals surface area contributed by atoms with Gasteiger partial charge in [0.25, 0.3) is 0 Å². The fourth-order valence-corrected chi connectivity index (χ4v) is 10.7. The van der Waals surface area contributed by atoms with E-state index in [0.717, 1.165) is 0 Å². The molecule has 0 aliphatic carbocycles. The van der Waals surface area contributed by atoms with Crippen molar-refractivity contribution in [1.29, 1.82) is 0 Å². The first-order valence-corrected chi connectivity index (χ1v) is 19.0. The second kappa shape index (κ2) is 14.8. The molecule has 50 heavy (non-hydrogen) atoms. The SMILES string of the molecule is Oc1ccccc1Oc1cccc(OP2(Oc3ccccc3)=NP=NP(Oc3ccccc3)(Oc3ccccc3)=N2)c1Oc1ccccc1O. The molecule has 6 aromatic rings. The standard InChI is InChI=1S/C36H28N3O8P3/c40-30-21-10-12-23-32(30)42-34-25-14-26-35(36(34)43-33-24-13-11-22-31(33)41)47-50(46-29-19-8-3-9-20-29)38-48-37-49(39-50,44-27-15-4-1-5-16-27)45-28-17-6-2-7-18-28/h1-26,40-41H. The van der Waals surface area contributed by atoms with Gasteiger partial charge < -0.3 is 37.8 Å². The topological polar surface area (TPSA) is 133 Å². The lowest BCUT2D eigenvalue weighted by atomic mass is 10.2. The highest BCUT2D eigenvalue weighted by atomic mass is 31.3. The molecule has 0 bridgehead atoms. The van der Waals surface area contributed by atoms with Crippen molar-refractivity contribution in [2.75, 3.05) is 0 Å². The fourth-order valence-electron chi connectivity index (χ4n) is 4.53. The van der Waals surface area contributed by atoms with E-state index in [1.165, 1.54) is 12.1 Å². The molecule has 14 heteroatoms. The smallest absolute Gasteiger partial charge is 0.460 e. The predicted molar refractivity (Wildman–Crippen MR) is 193 cm³/mol. The van der Waals surface area contributed by atoms with Gasteiger partial charge in [-0.05, 0) is 72.8 Å². The van der Waals surface area contributed by atoms with Gasteiger partial charge in [-0.2, -0.15) is 0 Å². The fraction of sp³-hybridized carbons (Fsp3) is 0. The van der Waals surface area contributed by atoms with E-state index in [1.807, 2.05) is 54.6 Å². The third-order valence-electron chi connectivity index (χ3n) is 6.76. The van der Waals surface area contributed by atoms with E-state index in [9.17, 15) is 10.2 Å². The van der Waals surface area contributed by atoms with Crippen LogP contribution in [0.2, 0.25) is 0 Å². The molecule has 0 fully saturated rings. The van der Waals surface area contributed by atoms with Crippen LogP contribution in [0.3, 0.4) is 0 Å². The lowest BCUT2D eigenvalue weighted by molar-refractivity contribution is 0.365. The minimum Gasteiger partial charge on any atom is -0.504 e. The summed E-state index contributed by atoms with van der Waals surface area (Å²) in [5.74, 6) is 1.76. The summed E-state index contributed by atoms with van der Waals surface area (Å²) in [7, 11) is -7.19. The lowest BCUT2D eigenvalue weighted by Gasteiger charge is -2.28. The first-order valence-electron chi connectivity index (χ1n) is 15.1. The molecule has 0 radical (unpaired) electrons.